The van der Waals surface area contributed by atoms with Crippen LogP contribution >= 0.6 is 0 Å². The summed E-state index contributed by atoms with van der Waals surface area (Å²) in [6, 6.07) is 2.15. The summed E-state index contributed by atoms with van der Waals surface area (Å²) in [7, 11) is 0. The first-order valence-electron chi connectivity index (χ1n) is 7.00. The Labute approximate surface area is 127 Å². The van der Waals surface area contributed by atoms with Crippen LogP contribution in [0.2, 0.25) is 0 Å². The highest BCUT2D eigenvalue weighted by atomic mass is 16.1. The van der Waals surface area contributed by atoms with Crippen molar-refractivity contribution in [3.8, 4) is 0 Å². The number of amides is 1. The predicted octanol–water partition coefficient (Wildman–Crippen LogP) is -0.893. The van der Waals surface area contributed by atoms with E-state index >= 15 is 0 Å². The van der Waals surface area contributed by atoms with Crippen molar-refractivity contribution >= 4 is 11.5 Å². The van der Waals surface area contributed by atoms with E-state index in [-0.39, 0.29) is 0 Å². The minimum absolute atomic E-state index is 0.544. The zero-order valence-electron chi connectivity index (χ0n) is 12.4. The Kier molecular flexibility index (Phi) is 3.46. The first-order chi connectivity index (χ1) is 10.5. The molecule has 6 nitrogen and oxygen atoms in total. The van der Waals surface area contributed by atoms with E-state index in [4.69, 9.17) is 11.5 Å². The molecule has 112 valence electrons. The third-order valence-electron chi connectivity index (χ3n) is 4.04. The molecule has 2 unspecified atom stereocenters. The molecule has 2 aromatic rings. The summed E-state index contributed by atoms with van der Waals surface area (Å²) in [6.45, 7) is 3.98. The summed E-state index contributed by atoms with van der Waals surface area (Å²) in [5.41, 5.74) is 15.5. The number of nitrogens with zero attached hydrogens (tertiary/aromatic N) is 3. The molecule has 0 aliphatic carbocycles. The van der Waals surface area contributed by atoms with Gasteiger partial charge in [-0.2, -0.15) is 0 Å². The van der Waals surface area contributed by atoms with Gasteiger partial charge in [0.05, 0.1) is 16.7 Å². The Morgan fingerprint density at radius 1 is 1.27 bits per heavy atom. The van der Waals surface area contributed by atoms with Gasteiger partial charge in [0.25, 0.3) is 0 Å². The maximum atomic E-state index is 11.7. The van der Waals surface area contributed by atoms with Crippen molar-refractivity contribution < 1.29 is 4.79 Å². The van der Waals surface area contributed by atoms with E-state index in [0.29, 0.717) is 10.7 Å². The number of aromatic nitrogens is 2. The van der Waals surface area contributed by atoms with Crippen molar-refractivity contribution in [3.63, 3.8) is 0 Å². The summed E-state index contributed by atoms with van der Waals surface area (Å²) < 4.78 is 0. The minimum atomic E-state index is -0.799. The van der Waals surface area contributed by atoms with E-state index in [1.807, 2.05) is 19.9 Å². The number of carbonyl (C=O) groups excluding carboxylic acids is 1. The molecule has 1 aliphatic heterocycles. The van der Waals surface area contributed by atoms with Crippen LogP contribution in [0, 0.1) is 13.8 Å². The smallest absolute Gasteiger partial charge is 0.244 e. The Morgan fingerprint density at radius 2 is 2.05 bits per heavy atom. The van der Waals surface area contributed by atoms with E-state index in [9.17, 15) is 4.79 Å². The minimum Gasteiger partial charge on any atom is -0.368 e. The number of hydrogen-bond donors (Lipinski definition) is 2. The highest BCUT2D eigenvalue weighted by Gasteiger charge is 2.31. The van der Waals surface area contributed by atoms with Crippen LogP contribution in [0.4, 0.5) is 0 Å². The lowest BCUT2D eigenvalue weighted by atomic mass is 9.89. The summed E-state index contributed by atoms with van der Waals surface area (Å²) in [6.07, 6.45) is 5.23. The molecule has 0 spiro atoms. The Hall–Kier alpha value is -2.60. The molecule has 6 heteroatoms. The Balaban J connectivity index is 2.39. The molecular weight excluding hydrogens is 278 g/mol. The number of fused-ring (bicyclic) bond motifs is 1. The molecular formula is C16H17N5O. The largest absolute Gasteiger partial charge is 0.368 e. The van der Waals surface area contributed by atoms with Crippen LogP contribution in [0.1, 0.15) is 16.7 Å². The van der Waals surface area contributed by atoms with Crippen LogP contribution in [0.25, 0.3) is 5.57 Å². The van der Waals surface area contributed by atoms with Crippen LogP contribution in [-0.4, -0.2) is 28.0 Å². The lowest BCUT2D eigenvalue weighted by molar-refractivity contribution is -0.119. The van der Waals surface area contributed by atoms with Crippen molar-refractivity contribution in [3.05, 3.63) is 58.1 Å². The summed E-state index contributed by atoms with van der Waals surface area (Å²) >= 11 is 0. The second-order valence-corrected chi connectivity index (χ2v) is 5.42. The molecule has 3 heterocycles. The van der Waals surface area contributed by atoms with Gasteiger partial charge in [-0.05, 0) is 37.1 Å². The molecule has 3 rings (SSSR count). The molecule has 1 aliphatic rings. The van der Waals surface area contributed by atoms with Crippen molar-refractivity contribution in [2.45, 2.75) is 25.9 Å². The van der Waals surface area contributed by atoms with E-state index in [2.05, 4.69) is 15.0 Å². The normalized spacial score (nSPS) is 20.2. The highest BCUT2D eigenvalue weighted by molar-refractivity contribution is 5.86. The quantitative estimate of drug-likeness (QED) is 0.749. The van der Waals surface area contributed by atoms with Gasteiger partial charge in [-0.1, -0.05) is 0 Å². The van der Waals surface area contributed by atoms with E-state index in [1.165, 1.54) is 0 Å². The van der Waals surface area contributed by atoms with Crippen LogP contribution in [0.5, 0.6) is 0 Å². The first-order valence-corrected chi connectivity index (χ1v) is 7.00. The predicted molar refractivity (Wildman–Crippen MR) is 82.2 cm³/mol. The SMILES string of the molecule is Cc1cncc(C2=c3ncccc3=NC(C(N)=O)C2N)c1C. The lowest BCUT2D eigenvalue weighted by Crippen LogP contribution is -2.52. The van der Waals surface area contributed by atoms with Gasteiger partial charge in [-0.3, -0.25) is 19.8 Å². The lowest BCUT2D eigenvalue weighted by Gasteiger charge is -2.25. The summed E-state index contributed by atoms with van der Waals surface area (Å²) in [5, 5.41) is 1.31. The van der Waals surface area contributed by atoms with Crippen LogP contribution in [-0.2, 0) is 4.79 Å². The van der Waals surface area contributed by atoms with E-state index in [0.717, 1.165) is 22.3 Å². The molecule has 2 aromatic heterocycles. The van der Waals surface area contributed by atoms with Gasteiger partial charge in [0.1, 0.15) is 6.04 Å². The van der Waals surface area contributed by atoms with Crippen molar-refractivity contribution in [2.24, 2.45) is 16.5 Å². The standard InChI is InChI=1S/C16H17N5O/c1-8-6-19-7-10(9(8)2)12-13(17)15(16(18)22)21-11-4-3-5-20-14(11)12/h3-7,13,15H,17H2,1-2H3,(H2,18,22). The van der Waals surface area contributed by atoms with Gasteiger partial charge in [0, 0.05) is 29.7 Å². The van der Waals surface area contributed by atoms with Crippen molar-refractivity contribution in [2.75, 3.05) is 0 Å². The fourth-order valence-corrected chi connectivity index (χ4v) is 2.70. The molecule has 2 atom stereocenters. The molecule has 0 aromatic carbocycles. The molecule has 0 radical (unpaired) electrons. The fraction of sp³-hybridized carbons (Fsp3) is 0.250. The van der Waals surface area contributed by atoms with Crippen molar-refractivity contribution in [1.29, 1.82) is 0 Å². The number of hydrogen-bond acceptors (Lipinski definition) is 5. The van der Waals surface area contributed by atoms with Crippen molar-refractivity contribution in [1.82, 2.24) is 9.97 Å². The van der Waals surface area contributed by atoms with E-state index in [1.54, 1.807) is 24.7 Å². The number of pyridine rings is 2. The van der Waals surface area contributed by atoms with Crippen LogP contribution < -0.4 is 22.2 Å². The zero-order chi connectivity index (χ0) is 15.9. The second-order valence-electron chi connectivity index (χ2n) is 5.42. The van der Waals surface area contributed by atoms with E-state index < -0.39 is 18.0 Å². The zero-order valence-corrected chi connectivity index (χ0v) is 12.4. The highest BCUT2D eigenvalue weighted by Crippen LogP contribution is 2.23. The maximum Gasteiger partial charge on any atom is 0.244 e. The number of rotatable bonds is 2. The number of aryl methyl sites for hydroxylation is 1. The maximum absolute atomic E-state index is 11.7. The molecule has 22 heavy (non-hydrogen) atoms. The molecule has 0 fully saturated rings. The Morgan fingerprint density at radius 3 is 2.77 bits per heavy atom. The third kappa shape index (κ3) is 2.17. The monoisotopic (exact) mass is 295 g/mol. The molecule has 0 bridgehead atoms. The average Bonchev–Trinajstić information content (AvgIpc) is 2.50. The molecule has 0 saturated heterocycles. The van der Waals surface area contributed by atoms with Gasteiger partial charge >= 0.3 is 0 Å². The van der Waals surface area contributed by atoms with Gasteiger partial charge in [0.2, 0.25) is 5.91 Å². The summed E-state index contributed by atoms with van der Waals surface area (Å²) in [5.74, 6) is -0.544. The topological polar surface area (TPSA) is 107 Å². The second kappa shape index (κ2) is 5.31. The molecule has 0 saturated carbocycles. The third-order valence-corrected chi connectivity index (χ3v) is 4.04. The first kappa shape index (κ1) is 14.3. The molecule has 4 N–H and O–H groups in total. The average molecular weight is 295 g/mol. The van der Waals surface area contributed by atoms with Gasteiger partial charge in [-0.25, -0.2) is 0 Å². The molecule has 1 amide bonds. The number of nitrogens with two attached hydrogens (primary N) is 2. The Bertz CT molecular complexity index is 874. The van der Waals surface area contributed by atoms with Gasteiger partial charge < -0.3 is 11.5 Å². The fourth-order valence-electron chi connectivity index (χ4n) is 2.70. The summed E-state index contributed by atoms with van der Waals surface area (Å²) in [4.78, 5) is 24.7. The van der Waals surface area contributed by atoms with Gasteiger partial charge in [0.15, 0.2) is 0 Å². The number of primary amides is 1. The number of carbonyl (C=O) groups is 1. The van der Waals surface area contributed by atoms with Crippen LogP contribution in [0.3, 0.4) is 0 Å². The van der Waals surface area contributed by atoms with Gasteiger partial charge in [-0.15, -0.1) is 0 Å². The van der Waals surface area contributed by atoms with Crippen LogP contribution in [0.15, 0.2) is 35.7 Å².